The first-order valence-corrected chi connectivity index (χ1v) is 9.58. The summed E-state index contributed by atoms with van der Waals surface area (Å²) in [7, 11) is 0. The van der Waals surface area contributed by atoms with E-state index in [4.69, 9.17) is 0 Å². The van der Waals surface area contributed by atoms with Crippen LogP contribution in [0.2, 0.25) is 0 Å². The minimum atomic E-state index is -0.124. The van der Waals surface area contributed by atoms with Crippen LogP contribution in [0.1, 0.15) is 58.2 Å². The molecule has 0 amide bonds. The quantitative estimate of drug-likeness (QED) is 0.437. The van der Waals surface area contributed by atoms with Gasteiger partial charge in [0.25, 0.3) is 0 Å². The molecule has 0 spiro atoms. The fraction of sp³-hybridized carbons (Fsp3) is 0.333. The molecule has 3 aromatic rings. The molecule has 0 aliphatic heterocycles. The Hall–Kier alpha value is -2.88. The molecule has 1 aromatic heterocycles. The molecule has 0 aliphatic rings. The Morgan fingerprint density at radius 1 is 0.929 bits per heavy atom. The van der Waals surface area contributed by atoms with Crippen molar-refractivity contribution in [1.29, 1.82) is 0 Å². The summed E-state index contributed by atoms with van der Waals surface area (Å²) >= 11 is 0. The van der Waals surface area contributed by atoms with E-state index in [0.29, 0.717) is 5.75 Å². The Labute approximate surface area is 167 Å². The van der Waals surface area contributed by atoms with Gasteiger partial charge >= 0.3 is 0 Å². The van der Waals surface area contributed by atoms with Crippen LogP contribution in [0.5, 0.6) is 5.75 Å². The van der Waals surface area contributed by atoms with Crippen molar-refractivity contribution in [3.8, 4) is 5.75 Å². The lowest BCUT2D eigenvalue weighted by atomic mass is 9.76. The molecular formula is C24H29N3O. The van der Waals surface area contributed by atoms with Crippen LogP contribution in [0, 0.1) is 0 Å². The van der Waals surface area contributed by atoms with Crippen molar-refractivity contribution in [1.82, 2.24) is 4.98 Å². The molecule has 4 heteroatoms. The standard InChI is InChI=1S/C24H29N3O/c1-23(2,3)19-13-17(28)14-20(24(4,5)6)18(19)15-26-27-21-11-7-9-16-10-8-12-25-22(16)21/h7-15,27-28H,1-6H3/b26-15+. The maximum absolute atomic E-state index is 10.3. The highest BCUT2D eigenvalue weighted by Crippen LogP contribution is 2.36. The van der Waals surface area contributed by atoms with E-state index in [1.165, 1.54) is 0 Å². The summed E-state index contributed by atoms with van der Waals surface area (Å²) in [5, 5.41) is 15.9. The summed E-state index contributed by atoms with van der Waals surface area (Å²) in [5.41, 5.74) is 7.83. The molecule has 1 heterocycles. The summed E-state index contributed by atoms with van der Waals surface area (Å²) in [4.78, 5) is 4.46. The van der Waals surface area contributed by atoms with Crippen molar-refractivity contribution in [2.75, 3.05) is 5.43 Å². The molecular weight excluding hydrogens is 346 g/mol. The average molecular weight is 376 g/mol. The van der Waals surface area contributed by atoms with E-state index in [1.54, 1.807) is 6.20 Å². The first-order chi connectivity index (χ1) is 13.1. The topological polar surface area (TPSA) is 57.5 Å². The van der Waals surface area contributed by atoms with Crippen molar-refractivity contribution in [2.24, 2.45) is 5.10 Å². The van der Waals surface area contributed by atoms with Crippen molar-refractivity contribution in [3.63, 3.8) is 0 Å². The molecule has 0 radical (unpaired) electrons. The van der Waals surface area contributed by atoms with Crippen LogP contribution in [0.25, 0.3) is 10.9 Å². The van der Waals surface area contributed by atoms with Crippen LogP contribution in [-0.2, 0) is 10.8 Å². The second-order valence-corrected chi connectivity index (χ2v) is 9.21. The second-order valence-electron chi connectivity index (χ2n) is 9.21. The Morgan fingerprint density at radius 3 is 2.14 bits per heavy atom. The molecule has 2 N–H and O–H groups in total. The molecule has 0 saturated heterocycles. The second kappa shape index (κ2) is 7.27. The van der Waals surface area contributed by atoms with Gasteiger partial charge in [-0.25, -0.2) is 0 Å². The van der Waals surface area contributed by atoms with Gasteiger partial charge in [0.2, 0.25) is 0 Å². The maximum atomic E-state index is 10.3. The first kappa shape index (κ1) is 19.9. The van der Waals surface area contributed by atoms with Gasteiger partial charge in [0.1, 0.15) is 5.75 Å². The van der Waals surface area contributed by atoms with E-state index >= 15 is 0 Å². The predicted molar refractivity (Wildman–Crippen MR) is 118 cm³/mol. The van der Waals surface area contributed by atoms with Crippen LogP contribution in [0.15, 0.2) is 53.8 Å². The van der Waals surface area contributed by atoms with Crippen LogP contribution in [0.3, 0.4) is 0 Å². The number of hydrazone groups is 1. The molecule has 0 aliphatic carbocycles. The van der Waals surface area contributed by atoms with Gasteiger partial charge in [-0.05, 0) is 46.2 Å². The summed E-state index contributed by atoms with van der Waals surface area (Å²) < 4.78 is 0. The van der Waals surface area contributed by atoms with Gasteiger partial charge in [-0.2, -0.15) is 5.10 Å². The highest BCUT2D eigenvalue weighted by Gasteiger charge is 2.25. The molecule has 3 rings (SSSR count). The van der Waals surface area contributed by atoms with Gasteiger partial charge in [0, 0.05) is 17.1 Å². The third kappa shape index (κ3) is 4.16. The molecule has 0 saturated carbocycles. The van der Waals surface area contributed by atoms with Crippen molar-refractivity contribution < 1.29 is 5.11 Å². The number of aromatic nitrogens is 1. The fourth-order valence-corrected chi connectivity index (χ4v) is 3.38. The normalized spacial score (nSPS) is 12.6. The first-order valence-electron chi connectivity index (χ1n) is 9.58. The molecule has 28 heavy (non-hydrogen) atoms. The number of phenolic OH excluding ortho intramolecular Hbond substituents is 1. The number of aromatic hydroxyl groups is 1. The van der Waals surface area contributed by atoms with E-state index in [-0.39, 0.29) is 10.8 Å². The van der Waals surface area contributed by atoms with Crippen LogP contribution in [-0.4, -0.2) is 16.3 Å². The number of anilines is 1. The van der Waals surface area contributed by atoms with Gasteiger partial charge in [0.15, 0.2) is 0 Å². The lowest BCUT2D eigenvalue weighted by molar-refractivity contribution is 0.465. The molecule has 146 valence electrons. The van der Waals surface area contributed by atoms with E-state index in [0.717, 1.165) is 33.3 Å². The van der Waals surface area contributed by atoms with E-state index < -0.39 is 0 Å². The number of nitrogens with one attached hydrogen (secondary N) is 1. The van der Waals surface area contributed by atoms with Gasteiger partial charge in [-0.1, -0.05) is 59.7 Å². The number of hydrogen-bond acceptors (Lipinski definition) is 4. The number of hydrogen-bond donors (Lipinski definition) is 2. The third-order valence-corrected chi connectivity index (χ3v) is 4.79. The maximum Gasteiger partial charge on any atom is 0.116 e. The number of fused-ring (bicyclic) bond motifs is 1. The van der Waals surface area contributed by atoms with Crippen LogP contribution < -0.4 is 5.43 Å². The number of para-hydroxylation sites is 1. The summed E-state index contributed by atoms with van der Waals surface area (Å²) in [5.74, 6) is 0.290. The molecule has 0 fully saturated rings. The van der Waals surface area contributed by atoms with Crippen molar-refractivity contribution in [2.45, 2.75) is 52.4 Å². The molecule has 4 nitrogen and oxygen atoms in total. The number of benzene rings is 2. The van der Waals surface area contributed by atoms with Crippen molar-refractivity contribution >= 4 is 22.8 Å². The Kier molecular flexibility index (Phi) is 5.16. The van der Waals surface area contributed by atoms with Crippen molar-refractivity contribution in [3.05, 3.63) is 65.4 Å². The van der Waals surface area contributed by atoms with Crippen LogP contribution >= 0.6 is 0 Å². The highest BCUT2D eigenvalue weighted by atomic mass is 16.3. The zero-order valence-corrected chi connectivity index (χ0v) is 17.5. The molecule has 2 aromatic carbocycles. The molecule has 0 atom stereocenters. The van der Waals surface area contributed by atoms with E-state index in [9.17, 15) is 5.11 Å². The van der Waals surface area contributed by atoms with E-state index in [2.05, 4.69) is 57.1 Å². The largest absolute Gasteiger partial charge is 0.508 e. The Balaban J connectivity index is 2.05. The highest BCUT2D eigenvalue weighted by molar-refractivity contribution is 5.91. The Morgan fingerprint density at radius 2 is 1.54 bits per heavy atom. The zero-order valence-electron chi connectivity index (χ0n) is 17.5. The monoisotopic (exact) mass is 375 g/mol. The minimum Gasteiger partial charge on any atom is -0.508 e. The zero-order chi connectivity index (χ0) is 20.5. The Bertz CT molecular complexity index is 984. The third-order valence-electron chi connectivity index (χ3n) is 4.79. The van der Waals surface area contributed by atoms with Gasteiger partial charge in [-0.15, -0.1) is 0 Å². The number of pyridine rings is 1. The number of nitrogens with zero attached hydrogens (tertiary/aromatic N) is 2. The van der Waals surface area contributed by atoms with E-state index in [1.807, 2.05) is 48.7 Å². The smallest absolute Gasteiger partial charge is 0.116 e. The van der Waals surface area contributed by atoms with Gasteiger partial charge < -0.3 is 5.11 Å². The molecule has 0 bridgehead atoms. The number of rotatable bonds is 3. The SMILES string of the molecule is CC(C)(C)c1cc(O)cc(C(C)(C)C)c1/C=N/Nc1cccc2cccnc12. The molecule has 0 unspecified atom stereocenters. The van der Waals surface area contributed by atoms with Gasteiger partial charge in [-0.3, -0.25) is 10.4 Å². The average Bonchev–Trinajstić information content (AvgIpc) is 2.61. The fourth-order valence-electron chi connectivity index (χ4n) is 3.38. The predicted octanol–water partition coefficient (Wildman–Crippen LogP) is 5.98. The number of phenols is 1. The summed E-state index contributed by atoms with van der Waals surface area (Å²) in [6.45, 7) is 12.9. The summed E-state index contributed by atoms with van der Waals surface area (Å²) in [6, 6.07) is 13.6. The summed E-state index contributed by atoms with van der Waals surface area (Å²) in [6.07, 6.45) is 3.65. The lowest BCUT2D eigenvalue weighted by Crippen LogP contribution is -2.21. The lowest BCUT2D eigenvalue weighted by Gasteiger charge is -2.28. The van der Waals surface area contributed by atoms with Crippen LogP contribution in [0.4, 0.5) is 5.69 Å². The van der Waals surface area contributed by atoms with Gasteiger partial charge in [0.05, 0.1) is 17.4 Å². The minimum absolute atomic E-state index is 0.124.